The highest BCUT2D eigenvalue weighted by atomic mass is 32.3. The Labute approximate surface area is 160 Å². The van der Waals surface area contributed by atoms with Crippen LogP contribution in [-0.2, 0) is 24.1 Å². The summed E-state index contributed by atoms with van der Waals surface area (Å²) >= 11 is 0. The first kappa shape index (κ1) is 28.0. The molecule has 0 spiro atoms. The number of ether oxygens (including phenoxy) is 2. The van der Waals surface area contributed by atoms with E-state index in [0.29, 0.717) is 13.2 Å². The Morgan fingerprint density at radius 1 is 0.615 bits per heavy atom. The van der Waals surface area contributed by atoms with Crippen molar-refractivity contribution in [2.75, 3.05) is 33.0 Å². The van der Waals surface area contributed by atoms with E-state index in [0.717, 1.165) is 13.0 Å². The first-order chi connectivity index (χ1) is 12.1. The van der Waals surface area contributed by atoms with Crippen LogP contribution in [0.5, 0.6) is 0 Å². The van der Waals surface area contributed by atoms with Crippen LogP contribution in [0, 0.1) is 0 Å². The summed E-state index contributed by atoms with van der Waals surface area (Å²) in [5, 5.41) is 0. The first-order valence-electron chi connectivity index (χ1n) is 9.82. The third-order valence-electron chi connectivity index (χ3n) is 3.97. The SMILES string of the molecule is CCCCCCCCCCCCCCOCCOCCOS(=O)(=O)[O-].[NH4+]. The molecule has 8 heteroatoms. The van der Waals surface area contributed by atoms with E-state index in [2.05, 4.69) is 11.1 Å². The first-order valence-corrected chi connectivity index (χ1v) is 11.2. The molecule has 160 valence electrons. The molecule has 0 saturated carbocycles. The zero-order chi connectivity index (χ0) is 18.6. The van der Waals surface area contributed by atoms with E-state index in [1.54, 1.807) is 0 Å². The average Bonchev–Trinajstić information content (AvgIpc) is 2.56. The molecule has 4 N–H and O–H groups in total. The van der Waals surface area contributed by atoms with E-state index in [1.807, 2.05) is 0 Å². The van der Waals surface area contributed by atoms with Gasteiger partial charge in [0.1, 0.15) is 0 Å². The summed E-state index contributed by atoms with van der Waals surface area (Å²) in [4.78, 5) is 0. The van der Waals surface area contributed by atoms with Crippen molar-refractivity contribution in [2.24, 2.45) is 0 Å². The second-order valence-electron chi connectivity index (χ2n) is 6.34. The fourth-order valence-corrected chi connectivity index (χ4v) is 2.83. The Balaban J connectivity index is 0. The Bertz CT molecular complexity index is 365. The van der Waals surface area contributed by atoms with Crippen LogP contribution >= 0.6 is 0 Å². The summed E-state index contributed by atoms with van der Waals surface area (Å²) < 4.78 is 45.0. The molecule has 0 radical (unpaired) electrons. The quantitative estimate of drug-likeness (QED) is 0.182. The zero-order valence-corrected chi connectivity index (χ0v) is 17.7. The predicted octanol–water partition coefficient (Wildman–Crippen LogP) is 4.57. The number of unbranched alkanes of at least 4 members (excludes halogenated alkanes) is 11. The molecular weight excluding hydrogens is 358 g/mol. The molecule has 0 atom stereocenters. The maximum atomic E-state index is 10.2. The van der Waals surface area contributed by atoms with Crippen LogP contribution < -0.4 is 6.15 Å². The molecule has 26 heavy (non-hydrogen) atoms. The van der Waals surface area contributed by atoms with Crippen molar-refractivity contribution in [1.29, 1.82) is 0 Å². The third kappa shape index (κ3) is 26.0. The molecule has 0 aromatic heterocycles. The number of quaternary nitrogens is 1. The minimum atomic E-state index is -4.61. The molecule has 0 aliphatic heterocycles. The lowest BCUT2D eigenvalue weighted by Gasteiger charge is -2.08. The molecule has 0 unspecified atom stereocenters. The van der Waals surface area contributed by atoms with Gasteiger partial charge in [0.25, 0.3) is 0 Å². The van der Waals surface area contributed by atoms with E-state index in [1.165, 1.54) is 70.6 Å². The molecule has 0 aliphatic carbocycles. The van der Waals surface area contributed by atoms with Gasteiger partial charge in [-0.15, -0.1) is 0 Å². The summed E-state index contributed by atoms with van der Waals surface area (Å²) in [6, 6.07) is 0. The van der Waals surface area contributed by atoms with Crippen LogP contribution in [-0.4, -0.2) is 46.0 Å². The third-order valence-corrected chi connectivity index (χ3v) is 4.42. The van der Waals surface area contributed by atoms with Crippen LogP contribution in [0.1, 0.15) is 84.0 Å². The predicted molar refractivity (Wildman–Crippen MR) is 104 cm³/mol. The summed E-state index contributed by atoms with van der Waals surface area (Å²) in [5.41, 5.74) is 0. The second-order valence-corrected chi connectivity index (χ2v) is 7.40. The van der Waals surface area contributed by atoms with Gasteiger partial charge in [-0.25, -0.2) is 8.42 Å². The van der Waals surface area contributed by atoms with Crippen molar-refractivity contribution in [2.45, 2.75) is 84.0 Å². The normalized spacial score (nSPS) is 11.5. The molecule has 0 fully saturated rings. The largest absolute Gasteiger partial charge is 0.726 e. The monoisotopic (exact) mass is 399 g/mol. The lowest BCUT2D eigenvalue weighted by Crippen LogP contribution is -2.12. The molecule has 7 nitrogen and oxygen atoms in total. The molecule has 0 saturated heterocycles. The molecule has 0 aromatic carbocycles. The van der Waals surface area contributed by atoms with E-state index >= 15 is 0 Å². The maximum Gasteiger partial charge on any atom is 0.217 e. The standard InChI is InChI=1S/C18H38O6S.H3N/c1-2-3-4-5-6-7-8-9-10-11-12-13-14-22-15-16-23-17-18-24-25(19,20)21;/h2-18H2,1H3,(H,19,20,21);1H3. The highest BCUT2D eigenvalue weighted by Crippen LogP contribution is 2.11. The lowest BCUT2D eigenvalue weighted by molar-refractivity contribution is 0.0345. The summed E-state index contributed by atoms with van der Waals surface area (Å²) in [6.45, 7) is 3.66. The fourth-order valence-electron chi connectivity index (χ4n) is 2.56. The van der Waals surface area contributed by atoms with Crippen LogP contribution in [0.2, 0.25) is 0 Å². The minimum Gasteiger partial charge on any atom is -0.726 e. The second kappa shape index (κ2) is 21.1. The van der Waals surface area contributed by atoms with Gasteiger partial charge in [-0.2, -0.15) is 0 Å². The minimum absolute atomic E-state index is 0. The lowest BCUT2D eigenvalue weighted by atomic mass is 10.1. The van der Waals surface area contributed by atoms with Crippen molar-refractivity contribution in [1.82, 2.24) is 6.15 Å². The van der Waals surface area contributed by atoms with E-state index in [-0.39, 0.29) is 19.4 Å². The van der Waals surface area contributed by atoms with Gasteiger partial charge in [-0.3, -0.25) is 4.18 Å². The van der Waals surface area contributed by atoms with E-state index in [9.17, 15) is 13.0 Å². The number of hydrogen-bond donors (Lipinski definition) is 1. The molecule has 0 bridgehead atoms. The Hall–Kier alpha value is -0.250. The van der Waals surface area contributed by atoms with Crippen molar-refractivity contribution < 1.29 is 26.6 Å². The molecule has 0 heterocycles. The van der Waals surface area contributed by atoms with Crippen LogP contribution in [0.15, 0.2) is 0 Å². The zero-order valence-electron chi connectivity index (χ0n) is 16.9. The van der Waals surface area contributed by atoms with Gasteiger partial charge in [0, 0.05) is 6.61 Å². The van der Waals surface area contributed by atoms with Gasteiger partial charge in [0.15, 0.2) is 0 Å². The fraction of sp³-hybridized carbons (Fsp3) is 1.00. The molecule has 0 amide bonds. The van der Waals surface area contributed by atoms with E-state index < -0.39 is 10.4 Å². The summed E-state index contributed by atoms with van der Waals surface area (Å²) in [6.07, 6.45) is 15.9. The van der Waals surface area contributed by atoms with Gasteiger partial charge < -0.3 is 20.2 Å². The van der Waals surface area contributed by atoms with E-state index in [4.69, 9.17) is 9.47 Å². The molecule has 0 rings (SSSR count). The van der Waals surface area contributed by atoms with Gasteiger partial charge in [-0.1, -0.05) is 77.6 Å². The Kier molecular flexibility index (Phi) is 22.6. The smallest absolute Gasteiger partial charge is 0.217 e. The average molecular weight is 400 g/mol. The Morgan fingerprint density at radius 2 is 1.00 bits per heavy atom. The topological polar surface area (TPSA) is 121 Å². The molecule has 0 aliphatic rings. The molecule has 0 aromatic rings. The number of hydrogen-bond acceptors (Lipinski definition) is 6. The number of rotatable bonds is 20. The van der Waals surface area contributed by atoms with Gasteiger partial charge >= 0.3 is 0 Å². The van der Waals surface area contributed by atoms with Crippen molar-refractivity contribution in [3.63, 3.8) is 0 Å². The summed E-state index contributed by atoms with van der Waals surface area (Å²) in [5.74, 6) is 0. The maximum absolute atomic E-state index is 10.2. The Morgan fingerprint density at radius 3 is 1.46 bits per heavy atom. The van der Waals surface area contributed by atoms with Gasteiger partial charge in [0.05, 0.1) is 26.4 Å². The van der Waals surface area contributed by atoms with Gasteiger partial charge in [-0.05, 0) is 6.42 Å². The molecular formula is C18H41NO6S. The van der Waals surface area contributed by atoms with Gasteiger partial charge in [0.2, 0.25) is 10.4 Å². The summed E-state index contributed by atoms with van der Waals surface area (Å²) in [7, 11) is -4.61. The van der Waals surface area contributed by atoms with Crippen molar-refractivity contribution in [3.8, 4) is 0 Å². The highest BCUT2D eigenvalue weighted by Gasteiger charge is 1.96. The van der Waals surface area contributed by atoms with Crippen molar-refractivity contribution >= 4 is 10.4 Å². The van der Waals surface area contributed by atoms with Crippen LogP contribution in [0.4, 0.5) is 0 Å². The highest BCUT2D eigenvalue weighted by molar-refractivity contribution is 7.80. The van der Waals surface area contributed by atoms with Crippen LogP contribution in [0.25, 0.3) is 0 Å². The van der Waals surface area contributed by atoms with Crippen molar-refractivity contribution in [3.05, 3.63) is 0 Å². The van der Waals surface area contributed by atoms with Crippen LogP contribution in [0.3, 0.4) is 0 Å².